The smallest absolute Gasteiger partial charge is 0.393 e. The van der Waals surface area contributed by atoms with Crippen LogP contribution in [0, 0.1) is 11.8 Å². The van der Waals surface area contributed by atoms with E-state index in [1.54, 1.807) is 0 Å². The van der Waals surface area contributed by atoms with E-state index in [1.165, 1.54) is 25.7 Å². The third-order valence-electron chi connectivity index (χ3n) is 3.57. The molecule has 3 rings (SSSR count). The Labute approximate surface area is 86.5 Å². The van der Waals surface area contributed by atoms with Crippen LogP contribution in [0.1, 0.15) is 48.2 Å². The van der Waals surface area contributed by atoms with E-state index < -0.39 is 5.97 Å². The first kappa shape index (κ1) is 8.88. The van der Waals surface area contributed by atoms with E-state index in [-0.39, 0.29) is 5.89 Å². The highest BCUT2D eigenvalue weighted by Crippen LogP contribution is 2.60. The minimum atomic E-state index is -1.14. The molecule has 0 saturated heterocycles. The van der Waals surface area contributed by atoms with Crippen LogP contribution in [0.2, 0.25) is 0 Å². The molecule has 1 aromatic rings. The second-order valence-corrected chi connectivity index (χ2v) is 4.39. The number of hydrogen-bond donors (Lipinski definition) is 1. The zero-order chi connectivity index (χ0) is 10.4. The van der Waals surface area contributed by atoms with Gasteiger partial charge in [0.15, 0.2) is 0 Å². The van der Waals surface area contributed by atoms with Gasteiger partial charge < -0.3 is 9.52 Å². The summed E-state index contributed by atoms with van der Waals surface area (Å²) in [4.78, 5) is 10.6. The number of nitrogens with zero attached hydrogens (tertiary/aromatic N) is 2. The molecule has 2 fully saturated rings. The highest BCUT2D eigenvalue weighted by Gasteiger charge is 2.54. The molecule has 5 nitrogen and oxygen atoms in total. The topological polar surface area (TPSA) is 76.2 Å². The van der Waals surface area contributed by atoms with E-state index in [4.69, 9.17) is 9.52 Å². The average Bonchev–Trinajstić information content (AvgIpc) is 2.75. The molecule has 5 heteroatoms. The molecule has 2 saturated carbocycles. The average molecular weight is 208 g/mol. The Morgan fingerprint density at radius 1 is 1.27 bits per heavy atom. The zero-order valence-corrected chi connectivity index (χ0v) is 8.22. The van der Waals surface area contributed by atoms with Gasteiger partial charge in [-0.3, -0.25) is 0 Å². The van der Waals surface area contributed by atoms with Crippen molar-refractivity contribution in [2.45, 2.75) is 31.6 Å². The summed E-state index contributed by atoms with van der Waals surface area (Å²) in [6.45, 7) is 0. The number of rotatable bonds is 2. The van der Waals surface area contributed by atoms with Crippen LogP contribution < -0.4 is 0 Å². The van der Waals surface area contributed by atoms with Crippen molar-refractivity contribution in [1.82, 2.24) is 10.2 Å². The second-order valence-electron chi connectivity index (χ2n) is 4.39. The summed E-state index contributed by atoms with van der Waals surface area (Å²) in [5.74, 6) is 0.783. The fraction of sp³-hybridized carbons (Fsp3) is 0.700. The maximum Gasteiger partial charge on any atom is 0.393 e. The molecule has 1 N–H and O–H groups in total. The molecule has 1 aromatic heterocycles. The zero-order valence-electron chi connectivity index (χ0n) is 8.22. The van der Waals surface area contributed by atoms with Crippen molar-refractivity contribution in [3.05, 3.63) is 11.8 Å². The lowest BCUT2D eigenvalue weighted by Crippen LogP contribution is -1.95. The lowest BCUT2D eigenvalue weighted by atomic mass is 10.0. The molecule has 0 bridgehead atoms. The first-order valence-electron chi connectivity index (χ1n) is 5.34. The van der Waals surface area contributed by atoms with Gasteiger partial charge in [-0.05, 0) is 24.7 Å². The molecule has 2 atom stereocenters. The minimum absolute atomic E-state index is 0.284. The quantitative estimate of drug-likeness (QED) is 0.800. The number of carboxylic acids is 1. The molecule has 0 amide bonds. The monoisotopic (exact) mass is 208 g/mol. The molecule has 0 radical (unpaired) electrons. The van der Waals surface area contributed by atoms with E-state index in [0.29, 0.717) is 23.6 Å². The molecule has 0 aromatic carbocycles. The van der Waals surface area contributed by atoms with Crippen LogP contribution in [0.3, 0.4) is 0 Å². The molecule has 0 aliphatic heterocycles. The third kappa shape index (κ3) is 1.33. The van der Waals surface area contributed by atoms with Gasteiger partial charge in [0, 0.05) is 5.92 Å². The highest BCUT2D eigenvalue weighted by molar-refractivity contribution is 5.81. The standard InChI is InChI=1S/C10H12N2O3/c13-10(14)9-12-11-8(15-9)7-5-3-1-2-4-6(5)7/h5-7H,1-4H2,(H,13,14). The van der Waals surface area contributed by atoms with Crippen molar-refractivity contribution in [2.24, 2.45) is 11.8 Å². The summed E-state index contributed by atoms with van der Waals surface area (Å²) in [7, 11) is 0. The largest absolute Gasteiger partial charge is 0.474 e. The number of aromatic nitrogens is 2. The Kier molecular flexibility index (Phi) is 1.81. The molecular formula is C10H12N2O3. The van der Waals surface area contributed by atoms with Gasteiger partial charge in [-0.15, -0.1) is 10.2 Å². The van der Waals surface area contributed by atoms with Crippen LogP contribution in [0.15, 0.2) is 4.42 Å². The predicted molar refractivity (Wildman–Crippen MR) is 49.4 cm³/mol. The van der Waals surface area contributed by atoms with Gasteiger partial charge in [0.1, 0.15) is 0 Å². The first-order chi connectivity index (χ1) is 7.27. The molecule has 2 aliphatic carbocycles. The molecule has 1 heterocycles. The van der Waals surface area contributed by atoms with E-state index in [1.807, 2.05) is 0 Å². The van der Waals surface area contributed by atoms with Gasteiger partial charge in [0.25, 0.3) is 0 Å². The van der Waals surface area contributed by atoms with Crippen molar-refractivity contribution in [1.29, 1.82) is 0 Å². The van der Waals surface area contributed by atoms with E-state index >= 15 is 0 Å². The Morgan fingerprint density at radius 3 is 2.47 bits per heavy atom. The highest BCUT2D eigenvalue weighted by atomic mass is 16.4. The summed E-state index contributed by atoms with van der Waals surface area (Å²) in [6.07, 6.45) is 5.00. The van der Waals surface area contributed by atoms with E-state index in [0.717, 1.165) is 0 Å². The van der Waals surface area contributed by atoms with Gasteiger partial charge in [-0.1, -0.05) is 12.8 Å². The first-order valence-corrected chi connectivity index (χ1v) is 5.34. The van der Waals surface area contributed by atoms with Crippen molar-refractivity contribution >= 4 is 5.97 Å². The number of fused-ring (bicyclic) bond motifs is 1. The summed E-state index contributed by atoms with van der Waals surface area (Å²) in [6, 6.07) is 0. The second kappa shape index (κ2) is 3.05. The Bertz CT molecular complexity index is 389. The number of hydrogen-bond acceptors (Lipinski definition) is 4. The SMILES string of the molecule is O=C(O)c1nnc(C2C3CCCCC32)o1. The van der Waals surface area contributed by atoms with Crippen LogP contribution in [0.25, 0.3) is 0 Å². The number of carboxylic acid groups (broad SMARTS) is 1. The summed E-state index contributed by atoms with van der Waals surface area (Å²) in [5, 5.41) is 16.0. The fourth-order valence-electron chi connectivity index (χ4n) is 2.81. The molecule has 2 unspecified atom stereocenters. The summed E-state index contributed by atoms with van der Waals surface area (Å²) in [5.41, 5.74) is 0. The maximum absolute atomic E-state index is 10.6. The minimum Gasteiger partial charge on any atom is -0.474 e. The molecule has 80 valence electrons. The third-order valence-corrected chi connectivity index (χ3v) is 3.57. The summed E-state index contributed by atoms with van der Waals surface area (Å²) >= 11 is 0. The molecule has 15 heavy (non-hydrogen) atoms. The maximum atomic E-state index is 10.6. The van der Waals surface area contributed by atoms with Gasteiger partial charge in [-0.25, -0.2) is 4.79 Å². The van der Waals surface area contributed by atoms with Crippen molar-refractivity contribution < 1.29 is 14.3 Å². The van der Waals surface area contributed by atoms with Crippen LogP contribution in [-0.4, -0.2) is 21.3 Å². The Balaban J connectivity index is 1.79. The van der Waals surface area contributed by atoms with Crippen LogP contribution in [-0.2, 0) is 0 Å². The van der Waals surface area contributed by atoms with Crippen molar-refractivity contribution in [2.75, 3.05) is 0 Å². The van der Waals surface area contributed by atoms with Crippen LogP contribution >= 0.6 is 0 Å². The lowest BCUT2D eigenvalue weighted by molar-refractivity contribution is 0.0651. The van der Waals surface area contributed by atoms with Crippen molar-refractivity contribution in [3.63, 3.8) is 0 Å². The van der Waals surface area contributed by atoms with Gasteiger partial charge >= 0.3 is 11.9 Å². The Hall–Kier alpha value is -1.39. The van der Waals surface area contributed by atoms with Crippen molar-refractivity contribution in [3.8, 4) is 0 Å². The fourth-order valence-corrected chi connectivity index (χ4v) is 2.81. The number of carbonyl (C=O) groups is 1. The van der Waals surface area contributed by atoms with E-state index in [9.17, 15) is 4.79 Å². The molecular weight excluding hydrogens is 196 g/mol. The predicted octanol–water partition coefficient (Wildman–Crippen LogP) is 1.67. The van der Waals surface area contributed by atoms with Crippen LogP contribution in [0.5, 0.6) is 0 Å². The van der Waals surface area contributed by atoms with Crippen LogP contribution in [0.4, 0.5) is 0 Å². The van der Waals surface area contributed by atoms with Gasteiger partial charge in [0.2, 0.25) is 5.89 Å². The molecule has 0 spiro atoms. The molecule has 2 aliphatic rings. The van der Waals surface area contributed by atoms with E-state index in [2.05, 4.69) is 10.2 Å². The van der Waals surface area contributed by atoms with Gasteiger partial charge in [-0.2, -0.15) is 0 Å². The number of aromatic carboxylic acids is 1. The van der Waals surface area contributed by atoms with Gasteiger partial charge in [0.05, 0.1) is 0 Å². The summed E-state index contributed by atoms with van der Waals surface area (Å²) < 4.78 is 5.14. The Morgan fingerprint density at radius 2 is 1.93 bits per heavy atom. The lowest BCUT2D eigenvalue weighted by Gasteiger charge is -2.04. The normalized spacial score (nSPS) is 33.5.